The minimum absolute atomic E-state index is 0.0443. The van der Waals surface area contributed by atoms with Crippen LogP contribution in [-0.2, 0) is 9.53 Å². The molecule has 3 nitrogen and oxygen atoms in total. The molecular weight excluding hydrogens is 444 g/mol. The zero-order chi connectivity index (χ0) is 26.5. The second-order valence-electron chi connectivity index (χ2n) is 15.3. The highest BCUT2D eigenvalue weighted by Gasteiger charge is 2.61. The predicted molar refractivity (Wildman–Crippen MR) is 148 cm³/mol. The lowest BCUT2D eigenvalue weighted by Crippen LogP contribution is -2.54. The molecule has 0 saturated heterocycles. The van der Waals surface area contributed by atoms with Crippen LogP contribution in [0.4, 0.5) is 0 Å². The highest BCUT2D eigenvalue weighted by Crippen LogP contribution is 2.68. The van der Waals surface area contributed by atoms with Gasteiger partial charge in [-0.2, -0.15) is 0 Å². The van der Waals surface area contributed by atoms with E-state index in [2.05, 4.69) is 40.7 Å². The number of ether oxygens (including phenoxy) is 1. The van der Waals surface area contributed by atoms with E-state index in [0.29, 0.717) is 17.9 Å². The second kappa shape index (κ2) is 10.4. The summed E-state index contributed by atoms with van der Waals surface area (Å²) in [6.07, 6.45) is 14.5. The van der Waals surface area contributed by atoms with Crippen molar-refractivity contribution < 1.29 is 14.6 Å². The molecule has 0 aromatic rings. The van der Waals surface area contributed by atoms with Gasteiger partial charge in [0.15, 0.2) is 0 Å². The number of aliphatic hydroxyl groups is 1. The first-order chi connectivity index (χ1) is 16.8. The molecule has 0 amide bonds. The van der Waals surface area contributed by atoms with Crippen LogP contribution in [-0.4, -0.2) is 23.8 Å². The number of esters is 1. The number of carbonyl (C=O) groups is 1. The van der Waals surface area contributed by atoms with Crippen molar-refractivity contribution in [1.29, 1.82) is 0 Å². The maximum Gasteiger partial charge on any atom is 0.311 e. The van der Waals surface area contributed by atoms with Crippen LogP contribution in [0, 0.1) is 57.7 Å². The van der Waals surface area contributed by atoms with Crippen LogP contribution >= 0.6 is 0 Å². The zero-order valence-corrected chi connectivity index (χ0v) is 24.7. The maximum absolute atomic E-state index is 12.6. The smallest absolute Gasteiger partial charge is 0.311 e. The molecule has 0 heterocycles. The SMILES string of the molecule is CC(C)CCC[C@@H](C)[C@H]1CC[C@H]2[C@@H]3CC=C4C[C@@H](O)CC(COC(=O)C(C)(C)C)[C@@]4(C)[C@H]3CC[C@]12C. The molecule has 1 N–H and O–H groups in total. The van der Waals surface area contributed by atoms with E-state index in [4.69, 9.17) is 4.74 Å². The summed E-state index contributed by atoms with van der Waals surface area (Å²) in [5.74, 6) is 4.80. The van der Waals surface area contributed by atoms with Crippen LogP contribution < -0.4 is 0 Å². The standard InChI is InChI=1S/C33H56O3/c1-21(2)10-9-11-22(3)27-14-15-28-26-13-12-23-18-25(34)19-24(20-36-30(35)31(4,5)6)33(23,8)29(26)16-17-32(27,28)7/h12,21-22,24-29,34H,9-11,13-20H2,1-8H3/t22-,24?,25-,26+,27-,28+,29+,32-,33+/m1/s1. The number of allylic oxidation sites excluding steroid dienone is 1. The molecule has 4 aliphatic rings. The molecule has 4 aliphatic carbocycles. The third kappa shape index (κ3) is 5.08. The first-order valence-corrected chi connectivity index (χ1v) is 15.3. The van der Waals surface area contributed by atoms with Gasteiger partial charge in [0.1, 0.15) is 0 Å². The lowest BCUT2D eigenvalue weighted by Gasteiger charge is -2.60. The van der Waals surface area contributed by atoms with E-state index < -0.39 is 5.41 Å². The number of aliphatic hydroxyl groups excluding tert-OH is 1. The molecule has 3 fully saturated rings. The molecule has 0 aromatic carbocycles. The fraction of sp³-hybridized carbons (Fsp3) is 0.909. The van der Waals surface area contributed by atoms with Crippen LogP contribution in [0.3, 0.4) is 0 Å². The zero-order valence-electron chi connectivity index (χ0n) is 24.7. The van der Waals surface area contributed by atoms with E-state index in [-0.39, 0.29) is 23.4 Å². The number of fused-ring (bicyclic) bond motifs is 5. The summed E-state index contributed by atoms with van der Waals surface area (Å²) in [6.45, 7) is 18.6. The highest BCUT2D eigenvalue weighted by atomic mass is 16.5. The topological polar surface area (TPSA) is 46.5 Å². The van der Waals surface area contributed by atoms with Gasteiger partial charge in [-0.05, 0) is 112 Å². The van der Waals surface area contributed by atoms with E-state index in [1.165, 1.54) is 56.9 Å². The van der Waals surface area contributed by atoms with E-state index in [1.54, 1.807) is 0 Å². The summed E-state index contributed by atoms with van der Waals surface area (Å²) in [6, 6.07) is 0. The Labute approximate surface area is 222 Å². The van der Waals surface area contributed by atoms with Crippen LogP contribution in [0.1, 0.15) is 120 Å². The Morgan fingerprint density at radius 3 is 2.50 bits per heavy atom. The van der Waals surface area contributed by atoms with Gasteiger partial charge in [0.2, 0.25) is 0 Å². The average Bonchev–Trinajstić information content (AvgIpc) is 3.14. The van der Waals surface area contributed by atoms with E-state index in [9.17, 15) is 9.90 Å². The third-order valence-electron chi connectivity index (χ3n) is 11.6. The molecule has 1 unspecified atom stereocenters. The van der Waals surface area contributed by atoms with Gasteiger partial charge < -0.3 is 9.84 Å². The first kappa shape index (κ1) is 28.2. The van der Waals surface area contributed by atoms with Crippen LogP contribution in [0.15, 0.2) is 11.6 Å². The van der Waals surface area contributed by atoms with E-state index >= 15 is 0 Å². The third-order valence-corrected chi connectivity index (χ3v) is 11.6. The fourth-order valence-corrected chi connectivity index (χ4v) is 9.53. The van der Waals surface area contributed by atoms with Crippen molar-refractivity contribution in [2.24, 2.45) is 57.7 Å². The quantitative estimate of drug-likeness (QED) is 0.283. The summed E-state index contributed by atoms with van der Waals surface area (Å²) < 4.78 is 5.92. The van der Waals surface area contributed by atoms with Crippen molar-refractivity contribution in [2.75, 3.05) is 6.61 Å². The van der Waals surface area contributed by atoms with Gasteiger partial charge in [0, 0.05) is 5.92 Å². The van der Waals surface area contributed by atoms with Crippen LogP contribution in [0.25, 0.3) is 0 Å². The Balaban J connectivity index is 1.53. The number of hydrogen-bond donors (Lipinski definition) is 1. The lowest BCUT2D eigenvalue weighted by atomic mass is 9.45. The van der Waals surface area contributed by atoms with Crippen LogP contribution in [0.2, 0.25) is 0 Å². The number of hydrogen-bond acceptors (Lipinski definition) is 3. The Hall–Kier alpha value is -0.830. The van der Waals surface area contributed by atoms with Gasteiger partial charge in [0.25, 0.3) is 0 Å². The molecule has 0 aliphatic heterocycles. The highest BCUT2D eigenvalue weighted by molar-refractivity contribution is 5.75. The second-order valence-corrected chi connectivity index (χ2v) is 15.3. The molecular formula is C33H56O3. The summed E-state index contributed by atoms with van der Waals surface area (Å²) in [4.78, 5) is 12.6. The predicted octanol–water partition coefficient (Wildman–Crippen LogP) is 8.20. The molecule has 3 heteroatoms. The molecule has 36 heavy (non-hydrogen) atoms. The van der Waals surface area contributed by atoms with Gasteiger partial charge in [-0.1, -0.05) is 65.5 Å². The van der Waals surface area contributed by atoms with E-state index in [1.807, 2.05) is 20.8 Å². The summed E-state index contributed by atoms with van der Waals surface area (Å²) in [5.41, 5.74) is 1.49. The molecule has 0 radical (unpaired) electrons. The number of carbonyl (C=O) groups excluding carboxylic acids is 1. The normalized spacial score (nSPS) is 41.2. The molecule has 0 bridgehead atoms. The largest absolute Gasteiger partial charge is 0.465 e. The molecule has 206 valence electrons. The average molecular weight is 501 g/mol. The van der Waals surface area contributed by atoms with E-state index in [0.717, 1.165) is 42.4 Å². The van der Waals surface area contributed by atoms with Crippen molar-refractivity contribution in [3.05, 3.63) is 11.6 Å². The molecule has 4 rings (SSSR count). The van der Waals surface area contributed by atoms with Gasteiger partial charge in [-0.3, -0.25) is 4.79 Å². The fourth-order valence-electron chi connectivity index (χ4n) is 9.53. The van der Waals surface area contributed by atoms with Crippen molar-refractivity contribution in [3.63, 3.8) is 0 Å². The van der Waals surface area contributed by atoms with Crippen molar-refractivity contribution >= 4 is 5.97 Å². The number of rotatable bonds is 7. The minimum atomic E-state index is -0.487. The van der Waals surface area contributed by atoms with Crippen molar-refractivity contribution in [2.45, 2.75) is 126 Å². The minimum Gasteiger partial charge on any atom is -0.465 e. The first-order valence-electron chi connectivity index (χ1n) is 15.3. The summed E-state index contributed by atoms with van der Waals surface area (Å²) in [5, 5.41) is 10.8. The van der Waals surface area contributed by atoms with Gasteiger partial charge in [-0.15, -0.1) is 0 Å². The molecule has 0 aromatic heterocycles. The van der Waals surface area contributed by atoms with Gasteiger partial charge >= 0.3 is 5.97 Å². The summed E-state index contributed by atoms with van der Waals surface area (Å²) in [7, 11) is 0. The maximum atomic E-state index is 12.6. The van der Waals surface area contributed by atoms with Gasteiger partial charge in [0.05, 0.1) is 18.1 Å². The Bertz CT molecular complexity index is 821. The Morgan fingerprint density at radius 2 is 1.83 bits per heavy atom. The Kier molecular flexibility index (Phi) is 8.13. The lowest BCUT2D eigenvalue weighted by molar-refractivity contribution is -0.159. The molecule has 9 atom stereocenters. The van der Waals surface area contributed by atoms with Crippen molar-refractivity contribution in [3.8, 4) is 0 Å². The summed E-state index contributed by atoms with van der Waals surface area (Å²) >= 11 is 0. The van der Waals surface area contributed by atoms with Gasteiger partial charge in [-0.25, -0.2) is 0 Å². The molecule has 3 saturated carbocycles. The Morgan fingerprint density at radius 1 is 1.11 bits per heavy atom. The molecule has 0 spiro atoms. The monoisotopic (exact) mass is 500 g/mol. The van der Waals surface area contributed by atoms with Crippen molar-refractivity contribution in [1.82, 2.24) is 0 Å². The van der Waals surface area contributed by atoms with Crippen LogP contribution in [0.5, 0.6) is 0 Å².